The van der Waals surface area contributed by atoms with E-state index >= 15 is 0 Å². The Morgan fingerprint density at radius 3 is 2.64 bits per heavy atom. The van der Waals surface area contributed by atoms with E-state index in [1.807, 2.05) is 12.1 Å². The van der Waals surface area contributed by atoms with Crippen LogP contribution in [0.15, 0.2) is 24.3 Å². The average Bonchev–Trinajstić information content (AvgIpc) is 2.99. The molecule has 2 heteroatoms. The number of benzene rings is 1. The molecule has 0 atom stereocenters. The van der Waals surface area contributed by atoms with E-state index in [0.717, 1.165) is 18.3 Å². The molecular weight excluding hydrogens is 172 g/mol. The number of hydrogen-bond donors (Lipinski definition) is 1. The maximum absolute atomic E-state index is 5.98. The highest BCUT2D eigenvalue weighted by Gasteiger charge is 2.29. The molecule has 14 heavy (non-hydrogen) atoms. The van der Waals surface area contributed by atoms with Crippen LogP contribution in [0.2, 0.25) is 0 Å². The second-order valence-electron chi connectivity index (χ2n) is 3.98. The molecule has 76 valence electrons. The van der Waals surface area contributed by atoms with Gasteiger partial charge in [0.25, 0.3) is 0 Å². The fourth-order valence-corrected chi connectivity index (χ4v) is 1.88. The molecule has 0 heterocycles. The normalized spacial score (nSPS) is 15.5. The van der Waals surface area contributed by atoms with Gasteiger partial charge in [0.15, 0.2) is 0 Å². The predicted molar refractivity (Wildman–Crippen MR) is 61.5 cm³/mol. The molecule has 1 aromatic carbocycles. The SMILES string of the molecule is CCCN(c1ccccc1N)C1CC1. The molecule has 0 amide bonds. The number of nitrogens with two attached hydrogens (primary N) is 1. The lowest BCUT2D eigenvalue weighted by Gasteiger charge is -2.25. The molecule has 0 aromatic heterocycles. The van der Waals surface area contributed by atoms with Crippen LogP contribution in [0.5, 0.6) is 0 Å². The van der Waals surface area contributed by atoms with Gasteiger partial charge in [-0.25, -0.2) is 0 Å². The number of nitrogens with zero attached hydrogens (tertiary/aromatic N) is 1. The summed E-state index contributed by atoms with van der Waals surface area (Å²) in [7, 11) is 0. The van der Waals surface area contributed by atoms with Crippen molar-refractivity contribution >= 4 is 11.4 Å². The zero-order valence-corrected chi connectivity index (χ0v) is 8.74. The van der Waals surface area contributed by atoms with E-state index in [1.54, 1.807) is 0 Å². The summed E-state index contributed by atoms with van der Waals surface area (Å²) in [6.07, 6.45) is 3.84. The number of nitrogen functional groups attached to an aromatic ring is 1. The second-order valence-corrected chi connectivity index (χ2v) is 3.98. The first-order valence-electron chi connectivity index (χ1n) is 5.44. The summed E-state index contributed by atoms with van der Waals surface area (Å²) >= 11 is 0. The van der Waals surface area contributed by atoms with Gasteiger partial charge in [0.1, 0.15) is 0 Å². The smallest absolute Gasteiger partial charge is 0.0602 e. The molecule has 2 N–H and O–H groups in total. The zero-order chi connectivity index (χ0) is 9.97. The van der Waals surface area contributed by atoms with Gasteiger partial charge >= 0.3 is 0 Å². The minimum absolute atomic E-state index is 0.750. The molecule has 1 aliphatic carbocycles. The van der Waals surface area contributed by atoms with E-state index in [9.17, 15) is 0 Å². The van der Waals surface area contributed by atoms with Crippen molar-refractivity contribution in [2.75, 3.05) is 17.2 Å². The Balaban J connectivity index is 2.21. The van der Waals surface area contributed by atoms with Gasteiger partial charge in [-0.15, -0.1) is 0 Å². The van der Waals surface area contributed by atoms with Crippen molar-refractivity contribution < 1.29 is 0 Å². The zero-order valence-electron chi connectivity index (χ0n) is 8.74. The topological polar surface area (TPSA) is 29.3 Å². The molecule has 0 aliphatic heterocycles. The maximum atomic E-state index is 5.98. The molecule has 0 saturated heterocycles. The monoisotopic (exact) mass is 190 g/mol. The van der Waals surface area contributed by atoms with Gasteiger partial charge in [-0.1, -0.05) is 19.1 Å². The summed E-state index contributed by atoms with van der Waals surface area (Å²) in [4.78, 5) is 2.45. The van der Waals surface area contributed by atoms with Crippen molar-refractivity contribution in [3.8, 4) is 0 Å². The number of rotatable bonds is 4. The van der Waals surface area contributed by atoms with Crippen LogP contribution in [0.1, 0.15) is 26.2 Å². The Bertz CT molecular complexity index is 305. The van der Waals surface area contributed by atoms with Gasteiger partial charge in [0.2, 0.25) is 0 Å². The third-order valence-electron chi connectivity index (χ3n) is 2.70. The van der Waals surface area contributed by atoms with E-state index in [-0.39, 0.29) is 0 Å². The van der Waals surface area contributed by atoms with Crippen molar-refractivity contribution in [2.45, 2.75) is 32.2 Å². The van der Waals surface area contributed by atoms with Crippen LogP contribution >= 0.6 is 0 Å². The van der Waals surface area contributed by atoms with Crippen LogP contribution in [0.25, 0.3) is 0 Å². The summed E-state index contributed by atoms with van der Waals surface area (Å²) < 4.78 is 0. The minimum atomic E-state index is 0.750. The highest BCUT2D eigenvalue weighted by molar-refractivity contribution is 5.68. The van der Waals surface area contributed by atoms with Crippen molar-refractivity contribution in [3.63, 3.8) is 0 Å². The molecule has 1 fully saturated rings. The van der Waals surface area contributed by atoms with Gasteiger partial charge in [-0.3, -0.25) is 0 Å². The molecule has 0 unspecified atom stereocenters. The lowest BCUT2D eigenvalue weighted by Crippen LogP contribution is -2.27. The van der Waals surface area contributed by atoms with Crippen LogP contribution in [0.4, 0.5) is 11.4 Å². The Morgan fingerprint density at radius 2 is 2.07 bits per heavy atom. The van der Waals surface area contributed by atoms with Crippen molar-refractivity contribution in [1.82, 2.24) is 0 Å². The van der Waals surface area contributed by atoms with Crippen LogP contribution in [0.3, 0.4) is 0 Å². The molecule has 1 aromatic rings. The Kier molecular flexibility index (Phi) is 2.62. The van der Waals surface area contributed by atoms with Crippen molar-refractivity contribution in [2.24, 2.45) is 0 Å². The maximum Gasteiger partial charge on any atom is 0.0602 e. The summed E-state index contributed by atoms with van der Waals surface area (Å²) in [6, 6.07) is 8.93. The molecule has 1 aliphatic rings. The summed E-state index contributed by atoms with van der Waals surface area (Å²) in [6.45, 7) is 3.34. The van der Waals surface area contributed by atoms with Gasteiger partial charge < -0.3 is 10.6 Å². The molecule has 0 spiro atoms. The van der Waals surface area contributed by atoms with Gasteiger partial charge in [0.05, 0.1) is 11.4 Å². The number of hydrogen-bond acceptors (Lipinski definition) is 2. The summed E-state index contributed by atoms with van der Waals surface area (Å²) in [5.74, 6) is 0. The molecule has 2 rings (SSSR count). The number of anilines is 2. The third-order valence-corrected chi connectivity index (χ3v) is 2.70. The molecule has 1 saturated carbocycles. The summed E-state index contributed by atoms with van der Waals surface area (Å²) in [5.41, 5.74) is 8.10. The lowest BCUT2D eigenvalue weighted by atomic mass is 10.2. The van der Waals surface area contributed by atoms with Crippen LogP contribution in [0, 0.1) is 0 Å². The van der Waals surface area contributed by atoms with Crippen LogP contribution in [-0.2, 0) is 0 Å². The first-order valence-corrected chi connectivity index (χ1v) is 5.44. The Labute approximate surface area is 85.7 Å². The predicted octanol–water partition coefficient (Wildman–Crippen LogP) is 2.65. The fourth-order valence-electron chi connectivity index (χ4n) is 1.88. The highest BCUT2D eigenvalue weighted by Crippen LogP contribution is 2.34. The van der Waals surface area contributed by atoms with Gasteiger partial charge in [-0.05, 0) is 31.4 Å². The van der Waals surface area contributed by atoms with Crippen molar-refractivity contribution in [1.29, 1.82) is 0 Å². The van der Waals surface area contributed by atoms with E-state index in [2.05, 4.69) is 24.0 Å². The van der Waals surface area contributed by atoms with E-state index < -0.39 is 0 Å². The van der Waals surface area contributed by atoms with Gasteiger partial charge in [-0.2, -0.15) is 0 Å². The Morgan fingerprint density at radius 1 is 1.36 bits per heavy atom. The lowest BCUT2D eigenvalue weighted by molar-refractivity contribution is 0.764. The highest BCUT2D eigenvalue weighted by atomic mass is 15.2. The molecule has 0 radical (unpaired) electrons. The third kappa shape index (κ3) is 1.84. The standard InChI is InChI=1S/C12H18N2/c1-2-9-14(10-7-8-10)12-6-4-3-5-11(12)13/h3-6,10H,2,7-9,13H2,1H3. The minimum Gasteiger partial charge on any atom is -0.397 e. The van der Waals surface area contributed by atoms with E-state index in [4.69, 9.17) is 5.73 Å². The molecular formula is C12H18N2. The molecule has 0 bridgehead atoms. The van der Waals surface area contributed by atoms with E-state index in [0.29, 0.717) is 0 Å². The van der Waals surface area contributed by atoms with Crippen molar-refractivity contribution in [3.05, 3.63) is 24.3 Å². The largest absolute Gasteiger partial charge is 0.397 e. The van der Waals surface area contributed by atoms with E-state index in [1.165, 1.54) is 24.9 Å². The van der Waals surface area contributed by atoms with Crippen LogP contribution in [-0.4, -0.2) is 12.6 Å². The quantitative estimate of drug-likeness (QED) is 0.739. The first kappa shape index (κ1) is 9.38. The second kappa shape index (κ2) is 3.91. The Hall–Kier alpha value is -1.18. The molecule has 2 nitrogen and oxygen atoms in total. The van der Waals surface area contributed by atoms with Gasteiger partial charge in [0, 0.05) is 12.6 Å². The summed E-state index contributed by atoms with van der Waals surface area (Å²) in [5, 5.41) is 0. The van der Waals surface area contributed by atoms with Crippen LogP contribution < -0.4 is 10.6 Å². The first-order chi connectivity index (χ1) is 6.83. The fraction of sp³-hybridized carbons (Fsp3) is 0.500. The average molecular weight is 190 g/mol. The number of para-hydroxylation sites is 2.